The average molecular weight is 386 g/mol. The van der Waals surface area contributed by atoms with Crippen LogP contribution >= 0.6 is 0 Å². The molecule has 0 saturated carbocycles. The maximum atomic E-state index is 13.8. The van der Waals surface area contributed by atoms with Crippen molar-refractivity contribution >= 4 is 11.6 Å². The van der Waals surface area contributed by atoms with Crippen molar-refractivity contribution in [1.82, 2.24) is 15.2 Å². The molecule has 5 nitrogen and oxygen atoms in total. The van der Waals surface area contributed by atoms with Crippen LogP contribution in [-0.2, 0) is 12.8 Å². The molecule has 1 aliphatic rings. The smallest absolute Gasteiger partial charge is 0.290 e. The van der Waals surface area contributed by atoms with Gasteiger partial charge in [0.1, 0.15) is 0 Å². The number of nitrogens with zero attached hydrogens (tertiary/aromatic N) is 2. The van der Waals surface area contributed by atoms with E-state index in [4.69, 9.17) is 0 Å². The number of aryl methyl sites for hydroxylation is 1. The molecule has 8 heteroatoms. The molecule has 3 aromatic rings. The summed E-state index contributed by atoms with van der Waals surface area (Å²) in [7, 11) is 0. The van der Waals surface area contributed by atoms with Gasteiger partial charge < -0.3 is 0 Å². The van der Waals surface area contributed by atoms with Gasteiger partial charge in [0.15, 0.2) is 23.1 Å². The lowest BCUT2D eigenvalue weighted by Crippen LogP contribution is -2.31. The average Bonchev–Trinajstić information content (AvgIpc) is 3.29. The number of para-hydroxylation sites is 1. The van der Waals surface area contributed by atoms with Gasteiger partial charge in [-0.15, -0.1) is 0 Å². The van der Waals surface area contributed by atoms with E-state index in [1.54, 1.807) is 4.68 Å². The summed E-state index contributed by atoms with van der Waals surface area (Å²) in [4.78, 5) is 12.6. The van der Waals surface area contributed by atoms with Crippen molar-refractivity contribution < 1.29 is 18.0 Å². The molecule has 0 spiro atoms. The summed E-state index contributed by atoms with van der Waals surface area (Å²) >= 11 is 0. The zero-order chi connectivity index (χ0) is 19.8. The van der Waals surface area contributed by atoms with Crippen LogP contribution in [0.5, 0.6) is 0 Å². The van der Waals surface area contributed by atoms with E-state index in [9.17, 15) is 18.0 Å². The molecule has 0 fully saturated rings. The Morgan fingerprint density at radius 3 is 2.64 bits per heavy atom. The number of halogens is 3. The number of hydrazine groups is 1. The largest absolute Gasteiger partial charge is 0.295 e. The van der Waals surface area contributed by atoms with Crippen LogP contribution in [0.15, 0.2) is 36.4 Å². The van der Waals surface area contributed by atoms with Crippen molar-refractivity contribution in [3.05, 3.63) is 76.4 Å². The first-order valence-corrected chi connectivity index (χ1v) is 8.84. The minimum atomic E-state index is -1.61. The molecule has 2 N–H and O–H groups in total. The summed E-state index contributed by atoms with van der Waals surface area (Å²) < 4.78 is 41.9. The fourth-order valence-electron chi connectivity index (χ4n) is 3.43. The minimum Gasteiger partial charge on any atom is -0.295 e. The molecule has 1 aromatic heterocycles. The number of aromatic nitrogens is 2. The second-order valence-electron chi connectivity index (χ2n) is 6.63. The van der Waals surface area contributed by atoms with E-state index in [2.05, 4.69) is 16.0 Å². The number of hydrogen-bond acceptors (Lipinski definition) is 3. The minimum absolute atomic E-state index is 0.228. The van der Waals surface area contributed by atoms with Crippen LogP contribution in [0.1, 0.15) is 33.7 Å². The summed E-state index contributed by atoms with van der Waals surface area (Å²) in [6, 6.07) is 9.50. The van der Waals surface area contributed by atoms with Gasteiger partial charge in [0.25, 0.3) is 5.91 Å². The number of amides is 1. The van der Waals surface area contributed by atoms with Gasteiger partial charge in [-0.25, -0.2) is 17.9 Å². The number of anilines is 1. The highest BCUT2D eigenvalue weighted by atomic mass is 19.2. The molecule has 0 bridgehead atoms. The third kappa shape index (κ3) is 3.00. The van der Waals surface area contributed by atoms with Crippen LogP contribution in [-0.4, -0.2) is 15.7 Å². The number of nitrogens with one attached hydrogen (secondary N) is 2. The van der Waals surface area contributed by atoms with Crippen molar-refractivity contribution in [2.24, 2.45) is 0 Å². The van der Waals surface area contributed by atoms with Crippen molar-refractivity contribution in [1.29, 1.82) is 0 Å². The number of hydrogen-bond donors (Lipinski definition) is 2. The lowest BCUT2D eigenvalue weighted by Gasteiger charge is -2.10. The zero-order valence-electron chi connectivity index (χ0n) is 15.0. The molecule has 0 unspecified atom stereocenters. The zero-order valence-corrected chi connectivity index (χ0v) is 15.0. The molecule has 28 heavy (non-hydrogen) atoms. The van der Waals surface area contributed by atoms with Crippen LogP contribution in [0.3, 0.4) is 0 Å². The topological polar surface area (TPSA) is 59.0 Å². The van der Waals surface area contributed by atoms with Crippen LogP contribution in [0.25, 0.3) is 5.69 Å². The molecule has 0 radical (unpaired) electrons. The van der Waals surface area contributed by atoms with E-state index in [-0.39, 0.29) is 11.4 Å². The Morgan fingerprint density at radius 1 is 1.07 bits per heavy atom. The van der Waals surface area contributed by atoms with E-state index in [1.165, 1.54) is 0 Å². The quantitative estimate of drug-likeness (QED) is 0.529. The maximum absolute atomic E-state index is 13.8. The first-order chi connectivity index (χ1) is 13.5. The number of carbonyl (C=O) groups excluding carboxylic acids is 1. The highest BCUT2D eigenvalue weighted by Crippen LogP contribution is 2.29. The molecule has 2 aromatic carbocycles. The van der Waals surface area contributed by atoms with E-state index < -0.39 is 23.4 Å². The van der Waals surface area contributed by atoms with Crippen molar-refractivity contribution in [2.75, 3.05) is 5.43 Å². The monoisotopic (exact) mass is 386 g/mol. The van der Waals surface area contributed by atoms with Crippen LogP contribution in [0.4, 0.5) is 18.9 Å². The fourth-order valence-corrected chi connectivity index (χ4v) is 3.43. The Kier molecular flexibility index (Phi) is 4.54. The number of rotatable bonds is 4. The molecule has 1 aliphatic carbocycles. The first-order valence-electron chi connectivity index (χ1n) is 8.84. The summed E-state index contributed by atoms with van der Waals surface area (Å²) in [5.41, 5.74) is 8.20. The third-order valence-corrected chi connectivity index (χ3v) is 4.83. The maximum Gasteiger partial charge on any atom is 0.290 e. The van der Waals surface area contributed by atoms with Crippen LogP contribution < -0.4 is 10.9 Å². The van der Waals surface area contributed by atoms with Gasteiger partial charge in [0.05, 0.1) is 11.4 Å². The van der Waals surface area contributed by atoms with Gasteiger partial charge in [0, 0.05) is 11.3 Å². The molecule has 0 saturated heterocycles. The molecule has 144 valence electrons. The summed E-state index contributed by atoms with van der Waals surface area (Å²) in [5.74, 6) is -4.89. The molecule has 0 atom stereocenters. The van der Waals surface area contributed by atoms with Crippen LogP contribution in [0, 0.1) is 24.4 Å². The van der Waals surface area contributed by atoms with Gasteiger partial charge in [0.2, 0.25) is 0 Å². The van der Waals surface area contributed by atoms with E-state index in [1.807, 2.05) is 31.2 Å². The van der Waals surface area contributed by atoms with Gasteiger partial charge >= 0.3 is 0 Å². The Balaban J connectivity index is 1.62. The first kappa shape index (κ1) is 18.1. The highest BCUT2D eigenvalue weighted by Gasteiger charge is 2.27. The SMILES string of the molecule is Cc1ccccc1-n1nc(C(=O)NNc2ccc(F)c(F)c2F)c2c1CCC2. The molecule has 0 aliphatic heterocycles. The number of benzene rings is 2. The van der Waals surface area contributed by atoms with Gasteiger partial charge in [-0.2, -0.15) is 5.10 Å². The molecule has 1 heterocycles. The predicted octanol–water partition coefficient (Wildman–Crippen LogP) is 3.84. The third-order valence-electron chi connectivity index (χ3n) is 4.83. The Bertz CT molecular complexity index is 1080. The molecular formula is C20H17F3N4O. The Labute approximate surface area is 159 Å². The molecule has 4 rings (SSSR count). The lowest BCUT2D eigenvalue weighted by atomic mass is 10.2. The van der Waals surface area contributed by atoms with E-state index in [0.29, 0.717) is 6.42 Å². The van der Waals surface area contributed by atoms with Crippen molar-refractivity contribution in [3.8, 4) is 5.69 Å². The predicted molar refractivity (Wildman–Crippen MR) is 97.7 cm³/mol. The number of fused-ring (bicyclic) bond motifs is 1. The van der Waals surface area contributed by atoms with E-state index >= 15 is 0 Å². The second-order valence-corrected chi connectivity index (χ2v) is 6.63. The standard InChI is InChI=1S/C20H17F3N4O/c1-11-5-2-3-7-15(11)27-16-8-4-6-12(16)19(26-27)20(28)25-24-14-10-9-13(21)17(22)18(14)23/h2-3,5,7,9-10,24H,4,6,8H2,1H3,(H,25,28). The van der Waals surface area contributed by atoms with Gasteiger partial charge in [-0.3, -0.25) is 15.6 Å². The second kappa shape index (κ2) is 7.03. The molecule has 1 amide bonds. The Hall–Kier alpha value is -3.29. The summed E-state index contributed by atoms with van der Waals surface area (Å²) in [6.45, 7) is 1.96. The van der Waals surface area contributed by atoms with Gasteiger partial charge in [-0.05, 0) is 49.9 Å². The van der Waals surface area contributed by atoms with Crippen molar-refractivity contribution in [2.45, 2.75) is 26.2 Å². The normalized spacial score (nSPS) is 12.7. The lowest BCUT2D eigenvalue weighted by molar-refractivity contribution is 0.0956. The molecular weight excluding hydrogens is 369 g/mol. The fraction of sp³-hybridized carbons (Fsp3) is 0.200. The summed E-state index contributed by atoms with van der Waals surface area (Å²) in [6.07, 6.45) is 2.42. The highest BCUT2D eigenvalue weighted by molar-refractivity contribution is 5.95. The van der Waals surface area contributed by atoms with Crippen LogP contribution in [0.2, 0.25) is 0 Å². The Morgan fingerprint density at radius 2 is 1.86 bits per heavy atom. The van der Waals surface area contributed by atoms with Crippen molar-refractivity contribution in [3.63, 3.8) is 0 Å². The van der Waals surface area contributed by atoms with E-state index in [0.717, 1.165) is 47.5 Å². The summed E-state index contributed by atoms with van der Waals surface area (Å²) in [5, 5.41) is 4.47. The van der Waals surface area contributed by atoms with Gasteiger partial charge in [-0.1, -0.05) is 18.2 Å². The number of carbonyl (C=O) groups is 1.